The number of hydrogen-bond donors (Lipinski definition) is 1. The Balaban J connectivity index is 1.62. The van der Waals surface area contributed by atoms with E-state index in [1.54, 1.807) is 11.4 Å². The van der Waals surface area contributed by atoms with Crippen molar-refractivity contribution >= 4 is 40.0 Å². The Morgan fingerprint density at radius 1 is 1.25 bits per heavy atom. The van der Waals surface area contributed by atoms with Crippen LogP contribution in [-0.4, -0.2) is 40.7 Å². The number of imide groups is 1. The molecule has 0 unspecified atom stereocenters. The van der Waals surface area contributed by atoms with E-state index in [4.69, 9.17) is 10.00 Å². The van der Waals surface area contributed by atoms with Crippen LogP contribution in [0.25, 0.3) is 0 Å². The summed E-state index contributed by atoms with van der Waals surface area (Å²) in [6.45, 7) is 2.80. The first kappa shape index (κ1) is 19.8. The van der Waals surface area contributed by atoms with Crippen LogP contribution in [0, 0.1) is 23.2 Å². The van der Waals surface area contributed by atoms with E-state index in [0.29, 0.717) is 23.4 Å². The molecule has 0 spiro atoms. The lowest BCUT2D eigenvalue weighted by Gasteiger charge is -2.23. The predicted molar refractivity (Wildman–Crippen MR) is 99.9 cm³/mol. The summed E-state index contributed by atoms with van der Waals surface area (Å²) in [5.74, 6) is -3.05. The number of rotatable bonds is 5. The summed E-state index contributed by atoms with van der Waals surface area (Å²) >= 11 is 1.18. The number of nitrogens with one attached hydrogen (secondary N) is 1. The van der Waals surface area contributed by atoms with Crippen LogP contribution in [0.2, 0.25) is 0 Å². The summed E-state index contributed by atoms with van der Waals surface area (Å²) in [6, 6.07) is 2.40. The number of ether oxygens (including phenoxy) is 1. The maximum atomic E-state index is 12.6. The van der Waals surface area contributed by atoms with Gasteiger partial charge in [0.15, 0.2) is 6.10 Å². The van der Waals surface area contributed by atoms with Crippen molar-refractivity contribution in [1.29, 1.82) is 5.26 Å². The summed E-state index contributed by atoms with van der Waals surface area (Å²) in [4.78, 5) is 50.8. The van der Waals surface area contributed by atoms with Crippen LogP contribution in [0.4, 0.5) is 5.00 Å². The maximum Gasteiger partial charge on any atom is 0.329 e. The molecular weight excluding hydrogens is 382 g/mol. The van der Waals surface area contributed by atoms with Crippen molar-refractivity contribution in [1.82, 2.24) is 4.90 Å². The number of likely N-dealkylation sites (tertiary alicyclic amines) is 1. The minimum atomic E-state index is -1.15. The molecule has 8 nitrogen and oxygen atoms in total. The third-order valence-corrected chi connectivity index (χ3v) is 5.78. The lowest BCUT2D eigenvalue weighted by Crippen LogP contribution is -2.46. The molecule has 1 aromatic rings. The number of nitrogens with zero attached hydrogens (tertiary/aromatic N) is 2. The van der Waals surface area contributed by atoms with Gasteiger partial charge in [0.1, 0.15) is 17.1 Å². The molecule has 4 atom stereocenters. The fraction of sp³-hybridized carbons (Fsp3) is 0.421. The third-order valence-electron chi connectivity index (χ3n) is 4.95. The molecule has 1 saturated heterocycles. The molecule has 1 aromatic heterocycles. The van der Waals surface area contributed by atoms with Crippen molar-refractivity contribution in [3.05, 3.63) is 29.2 Å². The van der Waals surface area contributed by atoms with Gasteiger partial charge in [-0.25, -0.2) is 4.79 Å². The van der Waals surface area contributed by atoms with Crippen molar-refractivity contribution in [2.45, 2.75) is 38.8 Å². The van der Waals surface area contributed by atoms with Gasteiger partial charge in [-0.3, -0.25) is 19.3 Å². The zero-order chi connectivity index (χ0) is 20.4. The Kier molecular flexibility index (Phi) is 5.61. The first-order valence-corrected chi connectivity index (χ1v) is 9.74. The molecule has 0 radical (unpaired) electrons. The van der Waals surface area contributed by atoms with Crippen LogP contribution < -0.4 is 5.32 Å². The quantitative estimate of drug-likeness (QED) is 0.457. The van der Waals surface area contributed by atoms with Crippen LogP contribution in [0.15, 0.2) is 23.6 Å². The molecule has 2 aliphatic rings. The number of fused-ring (bicyclic) bond motifs is 1. The molecule has 0 aromatic carbocycles. The van der Waals surface area contributed by atoms with Gasteiger partial charge < -0.3 is 10.1 Å². The van der Waals surface area contributed by atoms with E-state index in [2.05, 4.69) is 5.32 Å². The highest BCUT2D eigenvalue weighted by molar-refractivity contribution is 7.14. The number of amides is 3. The minimum absolute atomic E-state index is 0.315. The Labute approximate surface area is 165 Å². The number of hydrogen-bond acceptors (Lipinski definition) is 7. The number of carbonyl (C=O) groups is 4. The van der Waals surface area contributed by atoms with E-state index in [1.807, 2.05) is 18.2 Å². The molecule has 0 bridgehead atoms. The second-order valence-electron chi connectivity index (χ2n) is 6.72. The lowest BCUT2D eigenvalue weighted by molar-refractivity contribution is -0.163. The van der Waals surface area contributed by atoms with Gasteiger partial charge in [0.25, 0.3) is 5.91 Å². The smallest absolute Gasteiger partial charge is 0.329 e. The number of allylic oxidation sites excluding steroid dienone is 2. The number of nitriles is 1. The Bertz CT molecular complexity index is 874. The molecule has 9 heteroatoms. The molecule has 1 aliphatic carbocycles. The lowest BCUT2D eigenvalue weighted by atomic mass is 9.85. The molecule has 146 valence electrons. The second-order valence-corrected chi connectivity index (χ2v) is 7.64. The molecule has 0 saturated carbocycles. The van der Waals surface area contributed by atoms with Gasteiger partial charge in [0, 0.05) is 0 Å². The fourth-order valence-corrected chi connectivity index (χ4v) is 4.09. The van der Waals surface area contributed by atoms with Gasteiger partial charge in [0.2, 0.25) is 11.8 Å². The van der Waals surface area contributed by atoms with E-state index in [0.717, 1.165) is 4.90 Å². The van der Waals surface area contributed by atoms with E-state index in [9.17, 15) is 19.2 Å². The predicted octanol–water partition coefficient (Wildman–Crippen LogP) is 1.83. The first-order valence-electron chi connectivity index (χ1n) is 8.86. The monoisotopic (exact) mass is 401 g/mol. The Hall–Kier alpha value is -2.99. The Morgan fingerprint density at radius 2 is 1.86 bits per heavy atom. The average molecular weight is 401 g/mol. The van der Waals surface area contributed by atoms with Crippen molar-refractivity contribution in [2.24, 2.45) is 11.8 Å². The van der Waals surface area contributed by atoms with Gasteiger partial charge in [-0.2, -0.15) is 5.26 Å². The van der Waals surface area contributed by atoms with Crippen molar-refractivity contribution in [3.8, 4) is 6.07 Å². The number of carbonyl (C=O) groups excluding carboxylic acids is 4. The minimum Gasteiger partial charge on any atom is -0.451 e. The molecule has 3 amide bonds. The summed E-state index contributed by atoms with van der Waals surface area (Å²) in [5, 5.41) is 13.5. The SMILES string of the molecule is C[C@@H](OC(=O)[C@H](C)N1C(=O)[C@H]2CC=CC[C@H]2C1=O)C(=O)Nc1sccc1C#N. The molecule has 3 rings (SSSR count). The molecule has 1 fully saturated rings. The zero-order valence-electron chi connectivity index (χ0n) is 15.4. The second kappa shape index (κ2) is 7.94. The molecule has 2 heterocycles. The van der Waals surface area contributed by atoms with Crippen LogP contribution in [-0.2, 0) is 23.9 Å². The normalized spacial score (nSPS) is 23.0. The summed E-state index contributed by atoms with van der Waals surface area (Å²) < 4.78 is 5.17. The standard InChI is InChI=1S/C19H19N3O5S/c1-10(22-17(24)13-5-3-4-6-14(13)18(22)25)19(26)27-11(2)15(23)21-16-12(9-20)7-8-28-16/h3-4,7-8,10-11,13-14H,5-6H2,1-2H3,(H,21,23)/t10-,11+,13-,14+/m0/s1. The van der Waals surface area contributed by atoms with Crippen molar-refractivity contribution in [3.63, 3.8) is 0 Å². The van der Waals surface area contributed by atoms with Crippen molar-refractivity contribution < 1.29 is 23.9 Å². The maximum absolute atomic E-state index is 12.6. The van der Waals surface area contributed by atoms with Crippen LogP contribution in [0.5, 0.6) is 0 Å². The molecule has 1 N–H and O–H groups in total. The van der Waals surface area contributed by atoms with Crippen LogP contribution >= 0.6 is 11.3 Å². The molecule has 1 aliphatic heterocycles. The molecular formula is C19H19N3O5S. The highest BCUT2D eigenvalue weighted by Gasteiger charge is 2.50. The largest absolute Gasteiger partial charge is 0.451 e. The van der Waals surface area contributed by atoms with Crippen molar-refractivity contribution in [2.75, 3.05) is 5.32 Å². The first-order chi connectivity index (χ1) is 13.3. The summed E-state index contributed by atoms with van der Waals surface area (Å²) in [7, 11) is 0. The summed E-state index contributed by atoms with van der Waals surface area (Å²) in [5.41, 5.74) is 0.315. The molecule has 28 heavy (non-hydrogen) atoms. The van der Waals surface area contributed by atoms with Gasteiger partial charge >= 0.3 is 5.97 Å². The summed E-state index contributed by atoms with van der Waals surface area (Å²) in [6.07, 6.45) is 3.54. The highest BCUT2D eigenvalue weighted by atomic mass is 32.1. The van der Waals surface area contributed by atoms with E-state index < -0.39 is 35.9 Å². The van der Waals surface area contributed by atoms with Gasteiger partial charge in [-0.15, -0.1) is 11.3 Å². The number of thiophene rings is 1. The van der Waals surface area contributed by atoms with E-state index >= 15 is 0 Å². The topological polar surface area (TPSA) is 117 Å². The van der Waals surface area contributed by atoms with Gasteiger partial charge in [-0.1, -0.05) is 12.2 Å². The van der Waals surface area contributed by atoms with Crippen LogP contribution in [0.1, 0.15) is 32.3 Å². The van der Waals surface area contributed by atoms with Gasteiger partial charge in [-0.05, 0) is 38.1 Å². The highest BCUT2D eigenvalue weighted by Crippen LogP contribution is 2.36. The fourth-order valence-electron chi connectivity index (χ4n) is 3.35. The number of anilines is 1. The third kappa shape index (κ3) is 3.55. The van der Waals surface area contributed by atoms with Gasteiger partial charge in [0.05, 0.1) is 17.4 Å². The van der Waals surface area contributed by atoms with E-state index in [-0.39, 0.29) is 11.8 Å². The van der Waals surface area contributed by atoms with Crippen LogP contribution in [0.3, 0.4) is 0 Å². The average Bonchev–Trinajstić information content (AvgIpc) is 3.23. The van der Waals surface area contributed by atoms with E-state index in [1.165, 1.54) is 25.2 Å². The Morgan fingerprint density at radius 3 is 2.43 bits per heavy atom. The number of esters is 1. The zero-order valence-corrected chi connectivity index (χ0v) is 16.2.